The molecule has 5 nitrogen and oxygen atoms in total. The molecule has 0 aromatic heterocycles. The van der Waals surface area contributed by atoms with Crippen molar-refractivity contribution in [2.45, 2.75) is 30.8 Å². The lowest BCUT2D eigenvalue weighted by molar-refractivity contribution is 0.102. The zero-order valence-electron chi connectivity index (χ0n) is 14.3. The van der Waals surface area contributed by atoms with Crippen LogP contribution in [0.2, 0.25) is 0 Å². The molecule has 2 aliphatic rings. The van der Waals surface area contributed by atoms with Crippen LogP contribution in [-0.2, 0) is 21.2 Å². The van der Waals surface area contributed by atoms with Crippen LogP contribution < -0.4 is 5.32 Å². The van der Waals surface area contributed by atoms with Crippen molar-refractivity contribution in [3.05, 3.63) is 29.6 Å². The molecule has 0 bridgehead atoms. The Kier molecular flexibility index (Phi) is 6.09. The molecule has 0 amide bonds. The zero-order valence-corrected chi connectivity index (χ0v) is 15.1. The summed E-state index contributed by atoms with van der Waals surface area (Å²) >= 11 is 0. The molecule has 2 atom stereocenters. The molecular formula is C18H26FNO4S. The van der Waals surface area contributed by atoms with Crippen molar-refractivity contribution >= 4 is 9.84 Å². The molecule has 0 unspecified atom stereocenters. The normalized spacial score (nSPS) is 24.4. The smallest absolute Gasteiger partial charge is 0.180 e. The Morgan fingerprint density at radius 2 is 2.04 bits per heavy atom. The van der Waals surface area contributed by atoms with Gasteiger partial charge in [-0.2, -0.15) is 0 Å². The zero-order chi connectivity index (χ0) is 17.9. The van der Waals surface area contributed by atoms with Gasteiger partial charge in [-0.05, 0) is 62.2 Å². The summed E-state index contributed by atoms with van der Waals surface area (Å²) in [6.45, 7) is 2.52. The first-order chi connectivity index (χ1) is 12.0. The van der Waals surface area contributed by atoms with Gasteiger partial charge in [-0.15, -0.1) is 0 Å². The molecule has 25 heavy (non-hydrogen) atoms. The highest BCUT2D eigenvalue weighted by atomic mass is 32.2. The number of aliphatic hydroxyl groups is 1. The molecule has 0 spiro atoms. The summed E-state index contributed by atoms with van der Waals surface area (Å²) in [6.07, 6.45) is 3.67. The van der Waals surface area contributed by atoms with E-state index in [0.29, 0.717) is 18.1 Å². The number of sulfone groups is 1. The first-order valence-corrected chi connectivity index (χ1v) is 10.6. The average Bonchev–Trinajstić information content (AvgIpc) is 3.36. The number of benzene rings is 1. The second-order valence-corrected chi connectivity index (χ2v) is 9.17. The van der Waals surface area contributed by atoms with Crippen LogP contribution in [0.25, 0.3) is 0 Å². The number of hydrogen-bond acceptors (Lipinski definition) is 5. The third-order valence-electron chi connectivity index (χ3n) is 5.30. The molecule has 1 heterocycles. The molecule has 1 aromatic rings. The Morgan fingerprint density at radius 1 is 1.28 bits per heavy atom. The Balaban J connectivity index is 1.47. The lowest BCUT2D eigenvalue weighted by Gasteiger charge is -2.22. The van der Waals surface area contributed by atoms with Crippen LogP contribution in [0.15, 0.2) is 23.1 Å². The number of piperidine rings is 1. The predicted molar refractivity (Wildman–Crippen MR) is 92.4 cm³/mol. The van der Waals surface area contributed by atoms with E-state index >= 15 is 0 Å². The molecular weight excluding hydrogens is 345 g/mol. The summed E-state index contributed by atoms with van der Waals surface area (Å²) < 4.78 is 43.5. The number of halogens is 1. The van der Waals surface area contributed by atoms with Crippen molar-refractivity contribution in [3.8, 4) is 0 Å². The van der Waals surface area contributed by atoms with Gasteiger partial charge in [0, 0.05) is 5.56 Å². The largest absolute Gasteiger partial charge is 0.395 e. The lowest BCUT2D eigenvalue weighted by Crippen LogP contribution is -2.29. The number of hydrogen-bond donors (Lipinski definition) is 2. The fourth-order valence-electron chi connectivity index (χ4n) is 3.71. The predicted octanol–water partition coefficient (Wildman–Crippen LogP) is 1.74. The van der Waals surface area contributed by atoms with Gasteiger partial charge < -0.3 is 15.2 Å². The number of aliphatic hydroxyl groups excluding tert-OH is 1. The van der Waals surface area contributed by atoms with E-state index in [4.69, 9.17) is 9.84 Å². The highest BCUT2D eigenvalue weighted by Gasteiger charge is 2.42. The molecule has 1 aliphatic carbocycles. The number of rotatable bonds is 8. The van der Waals surface area contributed by atoms with Crippen molar-refractivity contribution in [1.29, 1.82) is 0 Å². The van der Waals surface area contributed by atoms with E-state index in [0.717, 1.165) is 31.0 Å². The third kappa shape index (κ3) is 4.78. The molecule has 1 saturated heterocycles. The fraction of sp³-hybridized carbons (Fsp3) is 0.667. The minimum atomic E-state index is -3.63. The summed E-state index contributed by atoms with van der Waals surface area (Å²) in [6, 6.07) is 3.84. The van der Waals surface area contributed by atoms with Gasteiger partial charge in [0.2, 0.25) is 0 Å². The van der Waals surface area contributed by atoms with Crippen LogP contribution >= 0.6 is 0 Å². The number of nitrogens with one attached hydrogen (secondary N) is 1. The highest BCUT2D eigenvalue weighted by molar-refractivity contribution is 7.91. The maximum absolute atomic E-state index is 14.1. The summed E-state index contributed by atoms with van der Waals surface area (Å²) in [5.74, 6) is 1.14. The highest BCUT2D eigenvalue weighted by Crippen LogP contribution is 2.47. The second kappa shape index (κ2) is 8.12. The van der Waals surface area contributed by atoms with Crippen LogP contribution in [-0.4, -0.2) is 45.6 Å². The van der Waals surface area contributed by atoms with Crippen molar-refractivity contribution < 1.29 is 22.7 Å². The molecule has 2 fully saturated rings. The van der Waals surface area contributed by atoms with Crippen molar-refractivity contribution in [2.75, 3.05) is 32.1 Å². The van der Waals surface area contributed by atoms with Gasteiger partial charge in [0.25, 0.3) is 0 Å². The van der Waals surface area contributed by atoms with Gasteiger partial charge in [-0.25, -0.2) is 12.8 Å². The first-order valence-electron chi connectivity index (χ1n) is 8.92. The van der Waals surface area contributed by atoms with E-state index in [1.165, 1.54) is 31.4 Å². The minimum Gasteiger partial charge on any atom is -0.395 e. The van der Waals surface area contributed by atoms with E-state index in [-0.39, 0.29) is 11.5 Å². The summed E-state index contributed by atoms with van der Waals surface area (Å²) in [5, 5.41) is 12.2. The molecule has 140 valence electrons. The van der Waals surface area contributed by atoms with Gasteiger partial charge in [0.15, 0.2) is 9.84 Å². The topological polar surface area (TPSA) is 75.6 Å². The average molecular weight is 371 g/mol. The van der Waals surface area contributed by atoms with E-state index in [1.807, 2.05) is 0 Å². The standard InChI is InChI=1S/C18H26FNO4S/c19-18-10-16(25(22,23)8-7-21)2-1-14(18)11-24-12-15-9-17(15)13-3-5-20-6-4-13/h1-2,10,13,15,17,20-21H,3-9,11-12H2/t15-,17+/m0/s1. The Hall–Kier alpha value is -1.02. The summed E-state index contributed by atoms with van der Waals surface area (Å²) in [5.41, 5.74) is 0.363. The van der Waals surface area contributed by atoms with Crippen molar-refractivity contribution in [3.63, 3.8) is 0 Å². The van der Waals surface area contributed by atoms with Crippen LogP contribution in [0.5, 0.6) is 0 Å². The van der Waals surface area contributed by atoms with Crippen molar-refractivity contribution in [2.24, 2.45) is 17.8 Å². The lowest BCUT2D eigenvalue weighted by atomic mass is 9.92. The fourth-order valence-corrected chi connectivity index (χ4v) is 4.74. The van der Waals surface area contributed by atoms with Crippen LogP contribution in [0.3, 0.4) is 0 Å². The van der Waals surface area contributed by atoms with Gasteiger partial charge in [0.1, 0.15) is 5.82 Å². The molecule has 1 aromatic carbocycles. The van der Waals surface area contributed by atoms with Crippen LogP contribution in [0.1, 0.15) is 24.8 Å². The third-order valence-corrected chi connectivity index (χ3v) is 6.99. The van der Waals surface area contributed by atoms with Gasteiger partial charge in [-0.3, -0.25) is 0 Å². The maximum Gasteiger partial charge on any atom is 0.180 e. The molecule has 7 heteroatoms. The summed E-state index contributed by atoms with van der Waals surface area (Å²) in [7, 11) is -3.63. The Morgan fingerprint density at radius 3 is 2.72 bits per heavy atom. The van der Waals surface area contributed by atoms with Gasteiger partial charge in [0.05, 0.1) is 30.5 Å². The monoisotopic (exact) mass is 371 g/mol. The Bertz CT molecular complexity index is 688. The van der Waals surface area contributed by atoms with Crippen molar-refractivity contribution in [1.82, 2.24) is 5.32 Å². The first kappa shape index (κ1) is 18.8. The van der Waals surface area contributed by atoms with Gasteiger partial charge >= 0.3 is 0 Å². The molecule has 0 radical (unpaired) electrons. The molecule has 3 rings (SSSR count). The second-order valence-electron chi connectivity index (χ2n) is 7.06. The molecule has 2 N–H and O–H groups in total. The van der Waals surface area contributed by atoms with E-state index in [9.17, 15) is 12.8 Å². The summed E-state index contributed by atoms with van der Waals surface area (Å²) in [4.78, 5) is -0.101. The van der Waals surface area contributed by atoms with E-state index < -0.39 is 28.0 Å². The van der Waals surface area contributed by atoms with Crippen LogP contribution in [0, 0.1) is 23.6 Å². The van der Waals surface area contributed by atoms with E-state index in [1.54, 1.807) is 0 Å². The van der Waals surface area contributed by atoms with Crippen LogP contribution in [0.4, 0.5) is 4.39 Å². The maximum atomic E-state index is 14.1. The minimum absolute atomic E-state index is 0.101. The van der Waals surface area contributed by atoms with Gasteiger partial charge in [-0.1, -0.05) is 6.07 Å². The van der Waals surface area contributed by atoms with E-state index in [2.05, 4.69) is 5.32 Å². The SMILES string of the molecule is O=S(=O)(CCO)c1ccc(COC[C@@H]2C[C@@H]2C2CCNCC2)c(F)c1. The Labute approximate surface area is 148 Å². The number of ether oxygens (including phenoxy) is 1. The molecule has 1 saturated carbocycles. The quantitative estimate of drug-likeness (QED) is 0.728. The molecule has 1 aliphatic heterocycles.